The topological polar surface area (TPSA) is 44.8 Å². The number of piperazine rings is 1. The summed E-state index contributed by atoms with van der Waals surface area (Å²) >= 11 is 0. The first-order valence-corrected chi connectivity index (χ1v) is 8.77. The van der Waals surface area contributed by atoms with Crippen molar-refractivity contribution in [1.29, 1.82) is 0 Å². The Morgan fingerprint density at radius 3 is 2.36 bits per heavy atom. The monoisotopic (exact) mass is 311 g/mol. The summed E-state index contributed by atoms with van der Waals surface area (Å²) in [4.78, 5) is 16.3. The zero-order valence-electron chi connectivity index (χ0n) is 14.7. The fraction of sp³-hybridized carbons (Fsp3) is 0.941. The first-order valence-electron chi connectivity index (χ1n) is 8.77. The van der Waals surface area contributed by atoms with Gasteiger partial charge in [0.2, 0.25) is 0 Å². The highest BCUT2D eigenvalue weighted by molar-refractivity contribution is 5.68. The Morgan fingerprint density at radius 2 is 1.82 bits per heavy atom. The molecule has 1 saturated carbocycles. The number of rotatable bonds is 5. The molecule has 0 spiro atoms. The van der Waals surface area contributed by atoms with E-state index in [1.54, 1.807) is 0 Å². The molecule has 1 amide bonds. The van der Waals surface area contributed by atoms with E-state index >= 15 is 0 Å². The Kier molecular flexibility index (Phi) is 6.09. The van der Waals surface area contributed by atoms with Gasteiger partial charge in [-0.1, -0.05) is 6.92 Å². The van der Waals surface area contributed by atoms with Crippen molar-refractivity contribution in [3.8, 4) is 0 Å². The van der Waals surface area contributed by atoms with Gasteiger partial charge in [-0.25, -0.2) is 4.79 Å². The fourth-order valence-electron chi connectivity index (χ4n) is 3.16. The quantitative estimate of drug-likeness (QED) is 0.792. The maximum absolute atomic E-state index is 12.0. The van der Waals surface area contributed by atoms with Crippen LogP contribution in [0.1, 0.15) is 47.0 Å². The largest absolute Gasteiger partial charge is 0.444 e. The Bertz CT molecular complexity index is 353. The summed E-state index contributed by atoms with van der Waals surface area (Å²) < 4.78 is 5.42. The number of carbonyl (C=O) groups excluding carboxylic acids is 1. The van der Waals surface area contributed by atoms with Gasteiger partial charge < -0.3 is 15.0 Å². The van der Waals surface area contributed by atoms with E-state index in [4.69, 9.17) is 4.74 Å². The van der Waals surface area contributed by atoms with Crippen LogP contribution in [0.3, 0.4) is 0 Å². The van der Waals surface area contributed by atoms with E-state index in [0.717, 1.165) is 51.2 Å². The molecule has 1 saturated heterocycles. The normalized spacial score (nSPS) is 26.6. The van der Waals surface area contributed by atoms with Gasteiger partial charge in [0.05, 0.1) is 0 Å². The standard InChI is InChI=1S/C17H33N3O2/c1-14-12-15(13-14)18-6-5-7-19-8-10-20(11-9-19)16(21)22-17(2,3)4/h14-15,18H,5-13H2,1-4H3. The molecule has 1 aliphatic heterocycles. The van der Waals surface area contributed by atoms with Gasteiger partial charge in [-0.15, -0.1) is 0 Å². The van der Waals surface area contributed by atoms with Crippen LogP contribution in [0, 0.1) is 5.92 Å². The Labute approximate surface area is 135 Å². The summed E-state index contributed by atoms with van der Waals surface area (Å²) in [6.07, 6.45) is 3.70. The molecule has 1 N–H and O–H groups in total. The molecule has 2 fully saturated rings. The molecule has 0 aromatic rings. The number of nitrogens with one attached hydrogen (secondary N) is 1. The van der Waals surface area contributed by atoms with Crippen molar-refractivity contribution in [2.75, 3.05) is 39.3 Å². The average Bonchev–Trinajstić information content (AvgIpc) is 2.40. The van der Waals surface area contributed by atoms with E-state index in [0.29, 0.717) is 0 Å². The third kappa shape index (κ3) is 5.76. The number of carbonyl (C=O) groups is 1. The number of amides is 1. The lowest BCUT2D eigenvalue weighted by atomic mass is 9.82. The van der Waals surface area contributed by atoms with Crippen LogP contribution < -0.4 is 5.32 Å². The van der Waals surface area contributed by atoms with Crippen LogP contribution in [0.25, 0.3) is 0 Å². The maximum Gasteiger partial charge on any atom is 0.410 e. The first kappa shape index (κ1) is 17.5. The molecular weight excluding hydrogens is 278 g/mol. The van der Waals surface area contributed by atoms with Gasteiger partial charge in [-0.3, -0.25) is 4.90 Å². The smallest absolute Gasteiger partial charge is 0.410 e. The SMILES string of the molecule is CC1CC(NCCCN2CCN(C(=O)OC(C)(C)C)CC2)C1. The van der Waals surface area contributed by atoms with Crippen molar-refractivity contribution in [2.45, 2.75) is 58.6 Å². The van der Waals surface area contributed by atoms with Crippen molar-refractivity contribution in [1.82, 2.24) is 15.1 Å². The van der Waals surface area contributed by atoms with Crippen molar-refractivity contribution in [3.05, 3.63) is 0 Å². The lowest BCUT2D eigenvalue weighted by molar-refractivity contribution is 0.0144. The number of nitrogens with zero attached hydrogens (tertiary/aromatic N) is 2. The van der Waals surface area contributed by atoms with E-state index in [9.17, 15) is 4.79 Å². The van der Waals surface area contributed by atoms with Crippen molar-refractivity contribution in [3.63, 3.8) is 0 Å². The first-order chi connectivity index (χ1) is 10.3. The van der Waals surface area contributed by atoms with Crippen molar-refractivity contribution in [2.24, 2.45) is 5.92 Å². The third-order valence-corrected chi connectivity index (χ3v) is 4.48. The molecule has 5 nitrogen and oxygen atoms in total. The van der Waals surface area contributed by atoms with Crippen LogP contribution in [0.2, 0.25) is 0 Å². The van der Waals surface area contributed by atoms with E-state index in [-0.39, 0.29) is 6.09 Å². The molecule has 5 heteroatoms. The lowest BCUT2D eigenvalue weighted by Crippen LogP contribution is -2.50. The predicted octanol–water partition coefficient (Wildman–Crippen LogP) is 2.32. The summed E-state index contributed by atoms with van der Waals surface area (Å²) in [6.45, 7) is 13.8. The molecule has 0 bridgehead atoms. The molecule has 1 aliphatic carbocycles. The van der Waals surface area contributed by atoms with Crippen molar-refractivity contribution < 1.29 is 9.53 Å². The van der Waals surface area contributed by atoms with E-state index in [1.165, 1.54) is 19.3 Å². The molecule has 0 aromatic heterocycles. The van der Waals surface area contributed by atoms with E-state index in [2.05, 4.69) is 17.1 Å². The predicted molar refractivity (Wildman–Crippen MR) is 89.1 cm³/mol. The van der Waals surface area contributed by atoms with Crippen LogP contribution in [0.5, 0.6) is 0 Å². The molecule has 0 radical (unpaired) electrons. The molecule has 2 aliphatic rings. The van der Waals surface area contributed by atoms with E-state index in [1.807, 2.05) is 25.7 Å². The van der Waals surface area contributed by atoms with Crippen molar-refractivity contribution >= 4 is 6.09 Å². The van der Waals surface area contributed by atoms with Crippen LogP contribution in [0.4, 0.5) is 4.79 Å². The molecular formula is C17H33N3O2. The maximum atomic E-state index is 12.0. The van der Waals surface area contributed by atoms with Gasteiger partial charge in [-0.05, 0) is 59.0 Å². The third-order valence-electron chi connectivity index (χ3n) is 4.48. The van der Waals surface area contributed by atoms with Gasteiger partial charge in [0, 0.05) is 32.2 Å². The van der Waals surface area contributed by atoms with Crippen LogP contribution >= 0.6 is 0 Å². The van der Waals surface area contributed by atoms with Gasteiger partial charge in [0.25, 0.3) is 0 Å². The highest BCUT2D eigenvalue weighted by Gasteiger charge is 2.26. The Hall–Kier alpha value is -0.810. The summed E-state index contributed by atoms with van der Waals surface area (Å²) in [5.74, 6) is 0.915. The summed E-state index contributed by atoms with van der Waals surface area (Å²) in [5.41, 5.74) is -0.404. The van der Waals surface area contributed by atoms with Crippen LogP contribution in [-0.2, 0) is 4.74 Å². The van der Waals surface area contributed by atoms with Crippen LogP contribution in [0.15, 0.2) is 0 Å². The highest BCUT2D eigenvalue weighted by Crippen LogP contribution is 2.26. The molecule has 0 aromatic carbocycles. The minimum absolute atomic E-state index is 0.173. The van der Waals surface area contributed by atoms with Gasteiger partial charge in [0.1, 0.15) is 5.60 Å². The number of hydrogen-bond donors (Lipinski definition) is 1. The van der Waals surface area contributed by atoms with Gasteiger partial charge >= 0.3 is 6.09 Å². The summed E-state index contributed by atoms with van der Waals surface area (Å²) in [7, 11) is 0. The Morgan fingerprint density at radius 1 is 1.18 bits per heavy atom. The second-order valence-electron chi connectivity index (χ2n) is 7.89. The highest BCUT2D eigenvalue weighted by atomic mass is 16.6. The zero-order valence-corrected chi connectivity index (χ0v) is 14.7. The summed E-state index contributed by atoms with van der Waals surface area (Å²) in [6, 6.07) is 0.763. The van der Waals surface area contributed by atoms with Gasteiger partial charge in [-0.2, -0.15) is 0 Å². The van der Waals surface area contributed by atoms with Crippen LogP contribution in [-0.4, -0.2) is 66.8 Å². The molecule has 1 heterocycles. The molecule has 0 unspecified atom stereocenters. The minimum Gasteiger partial charge on any atom is -0.444 e. The molecule has 2 rings (SSSR count). The minimum atomic E-state index is -0.404. The number of ether oxygens (including phenoxy) is 1. The van der Waals surface area contributed by atoms with E-state index < -0.39 is 5.60 Å². The molecule has 0 atom stereocenters. The fourth-order valence-corrected chi connectivity index (χ4v) is 3.16. The lowest BCUT2D eigenvalue weighted by Gasteiger charge is -2.36. The number of hydrogen-bond acceptors (Lipinski definition) is 4. The second-order valence-corrected chi connectivity index (χ2v) is 7.89. The molecule has 22 heavy (non-hydrogen) atoms. The Balaban J connectivity index is 1.54. The summed E-state index contributed by atoms with van der Waals surface area (Å²) in [5, 5.41) is 3.63. The average molecular weight is 311 g/mol. The second kappa shape index (κ2) is 7.64. The zero-order chi connectivity index (χ0) is 16.2. The molecule has 128 valence electrons. The van der Waals surface area contributed by atoms with Gasteiger partial charge in [0.15, 0.2) is 0 Å².